The maximum atomic E-state index is 13.1. The molecule has 5 rings (SSSR count). The summed E-state index contributed by atoms with van der Waals surface area (Å²) in [5.74, 6) is -0.0188. The number of carbonyl (C=O) groups excluding carboxylic acids is 2. The minimum Gasteiger partial charge on any atom is -0.365 e. The lowest BCUT2D eigenvalue weighted by Gasteiger charge is -2.39. The first-order valence-corrected chi connectivity index (χ1v) is 10.1. The van der Waals surface area contributed by atoms with E-state index in [1.807, 2.05) is 23.1 Å². The van der Waals surface area contributed by atoms with Gasteiger partial charge in [-0.1, -0.05) is 36.9 Å². The molecule has 2 aromatic rings. The molecule has 3 aliphatic heterocycles. The third-order valence-electron chi connectivity index (χ3n) is 6.53. The first-order chi connectivity index (χ1) is 14.1. The Kier molecular flexibility index (Phi) is 4.28. The monoisotopic (exact) mass is 388 g/mol. The lowest BCUT2D eigenvalue weighted by Crippen LogP contribution is -2.45. The summed E-state index contributed by atoms with van der Waals surface area (Å²) in [7, 11) is 0. The van der Waals surface area contributed by atoms with Crippen molar-refractivity contribution in [2.75, 3.05) is 13.1 Å². The summed E-state index contributed by atoms with van der Waals surface area (Å²) < 4.78 is 6.21. The molecule has 1 saturated heterocycles. The molecule has 1 fully saturated rings. The second-order valence-corrected chi connectivity index (χ2v) is 8.11. The summed E-state index contributed by atoms with van der Waals surface area (Å²) in [6, 6.07) is 14.2. The number of fused-ring (bicyclic) bond motifs is 3. The summed E-state index contributed by atoms with van der Waals surface area (Å²) in [5.41, 5.74) is 5.16. The fraction of sp³-hybridized carbons (Fsp3) is 0.333. The molecule has 0 aromatic heterocycles. The summed E-state index contributed by atoms with van der Waals surface area (Å²) >= 11 is 0. The normalized spacial score (nSPS) is 19.2. The number of piperidine rings is 1. The number of amides is 2. The third-order valence-corrected chi connectivity index (χ3v) is 6.53. The van der Waals surface area contributed by atoms with Crippen molar-refractivity contribution >= 4 is 11.8 Å². The van der Waals surface area contributed by atoms with E-state index in [-0.39, 0.29) is 17.4 Å². The number of rotatable bonds is 2. The van der Waals surface area contributed by atoms with Crippen LogP contribution < -0.4 is 0 Å². The van der Waals surface area contributed by atoms with Gasteiger partial charge in [-0.05, 0) is 53.3 Å². The minimum absolute atomic E-state index is 0.0578. The average molecular weight is 388 g/mol. The fourth-order valence-corrected chi connectivity index (χ4v) is 4.86. The van der Waals surface area contributed by atoms with Gasteiger partial charge in [-0.25, -0.2) is 0 Å². The zero-order chi connectivity index (χ0) is 20.0. The van der Waals surface area contributed by atoms with Crippen molar-refractivity contribution in [3.63, 3.8) is 0 Å². The molecule has 29 heavy (non-hydrogen) atoms. The van der Waals surface area contributed by atoms with E-state index in [2.05, 4.69) is 30.8 Å². The van der Waals surface area contributed by atoms with Crippen LogP contribution in [0.1, 0.15) is 45.5 Å². The molecule has 2 aromatic carbocycles. The molecule has 148 valence electrons. The largest absolute Gasteiger partial charge is 0.365 e. The zero-order valence-corrected chi connectivity index (χ0v) is 16.4. The maximum absolute atomic E-state index is 13.1. The van der Waals surface area contributed by atoms with Gasteiger partial charge >= 0.3 is 0 Å². The van der Waals surface area contributed by atoms with Crippen LogP contribution in [0, 0.1) is 0 Å². The predicted octanol–water partition coefficient (Wildman–Crippen LogP) is 3.38. The number of hydrogen-bond acceptors (Lipinski definition) is 3. The molecule has 0 saturated carbocycles. The third kappa shape index (κ3) is 2.97. The van der Waals surface area contributed by atoms with Gasteiger partial charge in [-0.2, -0.15) is 0 Å². The molecule has 0 bridgehead atoms. The van der Waals surface area contributed by atoms with Crippen LogP contribution in [0.15, 0.2) is 55.1 Å². The molecular weight excluding hydrogens is 364 g/mol. The first-order valence-electron chi connectivity index (χ1n) is 10.1. The Morgan fingerprint density at radius 2 is 1.72 bits per heavy atom. The molecule has 0 radical (unpaired) electrons. The number of hydrogen-bond donors (Lipinski definition) is 0. The van der Waals surface area contributed by atoms with E-state index >= 15 is 0 Å². The molecule has 3 aliphatic rings. The van der Waals surface area contributed by atoms with Crippen molar-refractivity contribution in [3.05, 3.63) is 82.9 Å². The van der Waals surface area contributed by atoms with Crippen LogP contribution in [0.3, 0.4) is 0 Å². The van der Waals surface area contributed by atoms with Gasteiger partial charge in [0.25, 0.3) is 5.91 Å². The van der Waals surface area contributed by atoms with Crippen molar-refractivity contribution in [2.45, 2.75) is 38.1 Å². The molecule has 1 spiro atoms. The Labute approximate surface area is 170 Å². The van der Waals surface area contributed by atoms with Crippen LogP contribution in [-0.4, -0.2) is 34.7 Å². The topological polar surface area (TPSA) is 49.9 Å². The van der Waals surface area contributed by atoms with Crippen LogP contribution in [0.5, 0.6) is 0 Å². The van der Waals surface area contributed by atoms with Gasteiger partial charge < -0.3 is 14.5 Å². The highest BCUT2D eigenvalue weighted by molar-refractivity contribution is 5.95. The van der Waals surface area contributed by atoms with E-state index in [4.69, 9.17) is 4.74 Å². The van der Waals surface area contributed by atoms with Crippen LogP contribution in [0.25, 0.3) is 0 Å². The molecule has 5 heteroatoms. The summed E-state index contributed by atoms with van der Waals surface area (Å²) in [6.45, 7) is 6.71. The lowest BCUT2D eigenvalue weighted by atomic mass is 9.83. The standard InChI is InChI=1S/C24H24N2O3/c1-2-22(27)26-14-18-8-7-17(13-20(18)15-26)23(28)25-11-9-24(10-12-25)21-6-4-3-5-19(21)16-29-24/h2-8,13H,1,9-12,14-16H2. The van der Waals surface area contributed by atoms with Gasteiger partial charge in [-0.15, -0.1) is 0 Å². The Balaban J connectivity index is 1.29. The number of nitrogens with zero attached hydrogens (tertiary/aromatic N) is 2. The van der Waals surface area contributed by atoms with Crippen molar-refractivity contribution in [3.8, 4) is 0 Å². The first kappa shape index (κ1) is 18.1. The second-order valence-electron chi connectivity index (χ2n) is 8.11. The van der Waals surface area contributed by atoms with Crippen molar-refractivity contribution in [1.29, 1.82) is 0 Å². The Morgan fingerprint density at radius 1 is 0.966 bits per heavy atom. The summed E-state index contributed by atoms with van der Waals surface area (Å²) in [6.07, 6.45) is 2.98. The molecule has 2 amide bonds. The number of likely N-dealkylation sites (tertiary alicyclic amines) is 1. The maximum Gasteiger partial charge on any atom is 0.253 e. The highest BCUT2D eigenvalue weighted by atomic mass is 16.5. The van der Waals surface area contributed by atoms with Crippen LogP contribution in [-0.2, 0) is 34.8 Å². The smallest absolute Gasteiger partial charge is 0.253 e. The van der Waals surface area contributed by atoms with E-state index in [0.717, 1.165) is 24.0 Å². The van der Waals surface area contributed by atoms with Gasteiger partial charge in [0.15, 0.2) is 0 Å². The van der Waals surface area contributed by atoms with Gasteiger partial charge in [-0.3, -0.25) is 9.59 Å². The number of benzene rings is 2. The fourth-order valence-electron chi connectivity index (χ4n) is 4.86. The molecule has 0 aliphatic carbocycles. The van der Waals surface area contributed by atoms with E-state index in [1.165, 1.54) is 17.2 Å². The molecule has 0 atom stereocenters. The van der Waals surface area contributed by atoms with Crippen LogP contribution >= 0.6 is 0 Å². The van der Waals surface area contributed by atoms with Crippen molar-refractivity contribution in [2.24, 2.45) is 0 Å². The Hall–Kier alpha value is -2.92. The Bertz CT molecular complexity index is 1000. The number of ether oxygens (including phenoxy) is 1. The summed E-state index contributed by atoms with van der Waals surface area (Å²) in [4.78, 5) is 28.7. The van der Waals surface area contributed by atoms with Crippen LogP contribution in [0.4, 0.5) is 0 Å². The van der Waals surface area contributed by atoms with Gasteiger partial charge in [0.05, 0.1) is 12.2 Å². The molecule has 5 nitrogen and oxygen atoms in total. The van der Waals surface area contributed by atoms with Crippen molar-refractivity contribution in [1.82, 2.24) is 9.80 Å². The summed E-state index contributed by atoms with van der Waals surface area (Å²) in [5, 5.41) is 0. The molecular formula is C24H24N2O3. The average Bonchev–Trinajstić information content (AvgIpc) is 3.35. The van der Waals surface area contributed by atoms with Crippen LogP contribution in [0.2, 0.25) is 0 Å². The van der Waals surface area contributed by atoms with E-state index in [0.29, 0.717) is 38.3 Å². The molecule has 0 unspecified atom stereocenters. The van der Waals surface area contributed by atoms with E-state index in [1.54, 1.807) is 4.90 Å². The molecule has 0 N–H and O–H groups in total. The van der Waals surface area contributed by atoms with Gasteiger partial charge in [0.2, 0.25) is 5.91 Å². The van der Waals surface area contributed by atoms with Gasteiger partial charge in [0.1, 0.15) is 0 Å². The zero-order valence-electron chi connectivity index (χ0n) is 16.4. The van der Waals surface area contributed by atoms with E-state index < -0.39 is 0 Å². The highest BCUT2D eigenvalue weighted by Crippen LogP contribution is 2.44. The Morgan fingerprint density at radius 3 is 2.52 bits per heavy atom. The highest BCUT2D eigenvalue weighted by Gasteiger charge is 2.43. The molecule has 3 heterocycles. The van der Waals surface area contributed by atoms with E-state index in [9.17, 15) is 9.59 Å². The van der Waals surface area contributed by atoms with Gasteiger partial charge in [0, 0.05) is 31.7 Å². The lowest BCUT2D eigenvalue weighted by molar-refractivity contribution is -0.126. The SMILES string of the molecule is C=CC(=O)N1Cc2ccc(C(=O)N3CCC4(CC3)OCc3ccccc34)cc2C1. The number of carbonyl (C=O) groups is 2. The van der Waals surface area contributed by atoms with Crippen molar-refractivity contribution < 1.29 is 14.3 Å². The second kappa shape index (κ2) is 6.85. The minimum atomic E-state index is -0.239. The predicted molar refractivity (Wildman–Crippen MR) is 109 cm³/mol. The quantitative estimate of drug-likeness (QED) is 0.741.